The number of hydrazone groups is 1. The normalized spacial score (nSPS) is 10.6. The Hall–Kier alpha value is -5.16. The Kier molecular flexibility index (Phi) is 9.11. The van der Waals surface area contributed by atoms with Crippen LogP contribution in [0.25, 0.3) is 0 Å². The summed E-state index contributed by atoms with van der Waals surface area (Å²) in [6.45, 7) is 0. The zero-order chi connectivity index (χ0) is 28.5. The molecule has 4 rings (SSSR count). The van der Waals surface area contributed by atoms with Gasteiger partial charge < -0.3 is 10.1 Å². The lowest BCUT2D eigenvalue weighted by Crippen LogP contribution is -2.18. The van der Waals surface area contributed by atoms with Gasteiger partial charge in [-0.05, 0) is 60.2 Å². The van der Waals surface area contributed by atoms with E-state index < -0.39 is 22.7 Å². The summed E-state index contributed by atoms with van der Waals surface area (Å²) in [7, 11) is 0. The molecule has 0 aliphatic rings. The lowest BCUT2D eigenvalue weighted by Gasteiger charge is -2.08. The monoisotopic (exact) mass is 600 g/mol. The van der Waals surface area contributed by atoms with Gasteiger partial charge in [-0.3, -0.25) is 24.5 Å². The number of carbonyl (C=O) groups excluding carboxylic acids is 3. The number of carbonyl (C=O) groups is 3. The van der Waals surface area contributed by atoms with Gasteiger partial charge in [-0.15, -0.1) is 0 Å². The van der Waals surface area contributed by atoms with E-state index in [1.165, 1.54) is 42.6 Å². The molecule has 10 nitrogen and oxygen atoms in total. The number of esters is 1. The highest BCUT2D eigenvalue weighted by Gasteiger charge is 2.12. The van der Waals surface area contributed by atoms with E-state index in [9.17, 15) is 24.5 Å². The second-order valence-electron chi connectivity index (χ2n) is 8.35. The number of hydrogen-bond acceptors (Lipinski definition) is 7. The first-order valence-corrected chi connectivity index (χ1v) is 12.6. The van der Waals surface area contributed by atoms with Crippen LogP contribution in [0, 0.1) is 10.1 Å². The van der Waals surface area contributed by atoms with Crippen LogP contribution in [0.3, 0.4) is 0 Å². The Bertz CT molecular complexity index is 1570. The van der Waals surface area contributed by atoms with Crippen molar-refractivity contribution in [1.82, 2.24) is 5.43 Å². The Morgan fingerprint density at radius 3 is 2.20 bits per heavy atom. The molecular weight excluding hydrogens is 580 g/mol. The predicted octanol–water partition coefficient (Wildman–Crippen LogP) is 5.52. The van der Waals surface area contributed by atoms with E-state index >= 15 is 0 Å². The maximum atomic E-state index is 12.5. The van der Waals surface area contributed by atoms with E-state index in [1.54, 1.807) is 30.3 Å². The summed E-state index contributed by atoms with van der Waals surface area (Å²) < 4.78 is 6.24. The van der Waals surface area contributed by atoms with Gasteiger partial charge in [0.05, 0.1) is 17.6 Å². The van der Waals surface area contributed by atoms with Crippen LogP contribution >= 0.6 is 15.9 Å². The summed E-state index contributed by atoms with van der Waals surface area (Å²) >= 11 is 3.37. The predicted molar refractivity (Wildman–Crippen MR) is 152 cm³/mol. The van der Waals surface area contributed by atoms with Crippen LogP contribution in [0.5, 0.6) is 5.75 Å². The van der Waals surface area contributed by atoms with Gasteiger partial charge in [0.25, 0.3) is 17.5 Å². The Labute approximate surface area is 237 Å². The number of non-ortho nitro benzene ring substituents is 1. The van der Waals surface area contributed by atoms with Crippen LogP contribution in [0.4, 0.5) is 11.4 Å². The van der Waals surface area contributed by atoms with E-state index in [0.717, 1.165) is 10.0 Å². The lowest BCUT2D eigenvalue weighted by molar-refractivity contribution is -0.384. The molecular formula is C29H21BrN4O6. The van der Waals surface area contributed by atoms with E-state index in [2.05, 4.69) is 31.8 Å². The SMILES string of the molecule is O=C(Cc1ccccc1)Oc1ccc(Br)cc1/C=N\NC(=O)c1ccc(NC(=O)c2ccc([N+](=O)[O-])cc2)cc1. The third-order valence-corrected chi connectivity index (χ3v) is 6.00. The molecule has 0 atom stereocenters. The zero-order valence-corrected chi connectivity index (χ0v) is 22.3. The third-order valence-electron chi connectivity index (χ3n) is 5.50. The number of hydrogen-bond donors (Lipinski definition) is 2. The van der Waals surface area contributed by atoms with Gasteiger partial charge in [-0.1, -0.05) is 46.3 Å². The van der Waals surface area contributed by atoms with Crippen molar-refractivity contribution in [3.8, 4) is 5.75 Å². The number of rotatable bonds is 9. The molecule has 0 aromatic heterocycles. The van der Waals surface area contributed by atoms with Gasteiger partial charge in [-0.25, -0.2) is 5.43 Å². The molecule has 0 saturated heterocycles. The molecule has 4 aromatic rings. The minimum atomic E-state index is -0.546. The standard InChI is InChI=1S/C29H21BrN4O6/c30-23-10-15-26(40-27(35)16-19-4-2-1-3-5-19)22(17-23)18-31-33-29(37)21-6-11-24(12-7-21)32-28(36)20-8-13-25(14-9-20)34(38)39/h1-15,17-18H,16H2,(H,32,36)(H,33,37)/b31-18-. The average Bonchev–Trinajstić information content (AvgIpc) is 2.95. The zero-order valence-electron chi connectivity index (χ0n) is 20.7. The van der Waals surface area contributed by atoms with Crippen molar-refractivity contribution in [3.63, 3.8) is 0 Å². The van der Waals surface area contributed by atoms with Crippen molar-refractivity contribution in [2.45, 2.75) is 6.42 Å². The topological polar surface area (TPSA) is 140 Å². The van der Waals surface area contributed by atoms with Crippen molar-refractivity contribution in [2.75, 3.05) is 5.32 Å². The summed E-state index contributed by atoms with van der Waals surface area (Å²) in [6.07, 6.45) is 1.47. The highest BCUT2D eigenvalue weighted by atomic mass is 79.9. The molecule has 0 saturated carbocycles. The van der Waals surface area contributed by atoms with Gasteiger partial charge in [-0.2, -0.15) is 5.10 Å². The summed E-state index contributed by atoms with van der Waals surface area (Å²) in [4.78, 5) is 47.6. The first-order chi connectivity index (χ1) is 19.3. The maximum Gasteiger partial charge on any atom is 0.315 e. The number of ether oxygens (including phenoxy) is 1. The molecule has 0 spiro atoms. The maximum absolute atomic E-state index is 12.5. The summed E-state index contributed by atoms with van der Waals surface area (Å²) in [5, 5.41) is 17.4. The first-order valence-electron chi connectivity index (χ1n) is 11.8. The first kappa shape index (κ1) is 27.9. The number of nitrogens with zero attached hydrogens (tertiary/aromatic N) is 2. The molecule has 4 aromatic carbocycles. The molecule has 2 N–H and O–H groups in total. The third kappa shape index (κ3) is 7.68. The molecule has 0 heterocycles. The number of anilines is 1. The highest BCUT2D eigenvalue weighted by molar-refractivity contribution is 9.10. The van der Waals surface area contributed by atoms with Gasteiger partial charge in [0.15, 0.2) is 0 Å². The minimum absolute atomic E-state index is 0.106. The van der Waals surface area contributed by atoms with Gasteiger partial charge in [0.1, 0.15) is 5.75 Å². The molecule has 0 fully saturated rings. The summed E-state index contributed by atoms with van der Waals surface area (Å²) in [5.41, 5.74) is 4.57. The number of amides is 2. The number of nitrogens with one attached hydrogen (secondary N) is 2. The van der Waals surface area contributed by atoms with Crippen LogP contribution in [0.15, 0.2) is 107 Å². The number of halogens is 1. The van der Waals surface area contributed by atoms with Crippen molar-refractivity contribution in [3.05, 3.63) is 134 Å². The van der Waals surface area contributed by atoms with Crippen LogP contribution in [-0.4, -0.2) is 28.9 Å². The summed E-state index contributed by atoms with van der Waals surface area (Å²) in [5.74, 6) is -1.10. The molecule has 11 heteroatoms. The smallest absolute Gasteiger partial charge is 0.315 e. The fraction of sp³-hybridized carbons (Fsp3) is 0.0345. The fourth-order valence-corrected chi connectivity index (χ4v) is 3.88. The Morgan fingerprint density at radius 1 is 0.875 bits per heavy atom. The van der Waals surface area contributed by atoms with Gasteiger partial charge in [0, 0.05) is 39.0 Å². The summed E-state index contributed by atoms with van der Waals surface area (Å²) in [6, 6.07) is 25.6. The molecule has 200 valence electrons. The van der Waals surface area contributed by atoms with E-state index in [0.29, 0.717) is 11.3 Å². The molecule has 0 unspecified atom stereocenters. The lowest BCUT2D eigenvalue weighted by atomic mass is 10.1. The fourth-order valence-electron chi connectivity index (χ4n) is 3.50. The van der Waals surface area contributed by atoms with Crippen molar-refractivity contribution in [2.24, 2.45) is 5.10 Å². The molecule has 0 aliphatic heterocycles. The van der Waals surface area contributed by atoms with E-state index in [-0.39, 0.29) is 29.0 Å². The van der Waals surface area contributed by atoms with Crippen molar-refractivity contribution in [1.29, 1.82) is 0 Å². The van der Waals surface area contributed by atoms with Crippen LogP contribution in [0.2, 0.25) is 0 Å². The van der Waals surface area contributed by atoms with Crippen LogP contribution < -0.4 is 15.5 Å². The minimum Gasteiger partial charge on any atom is -0.426 e. The van der Waals surface area contributed by atoms with Gasteiger partial charge in [0.2, 0.25) is 0 Å². The molecule has 0 bridgehead atoms. The van der Waals surface area contributed by atoms with Gasteiger partial charge >= 0.3 is 5.97 Å². The van der Waals surface area contributed by atoms with Crippen molar-refractivity contribution < 1.29 is 24.0 Å². The molecule has 0 aliphatic carbocycles. The average molecular weight is 601 g/mol. The molecule has 0 radical (unpaired) electrons. The van der Waals surface area contributed by atoms with Crippen LogP contribution in [0.1, 0.15) is 31.8 Å². The second kappa shape index (κ2) is 13.1. The molecule has 40 heavy (non-hydrogen) atoms. The molecule has 2 amide bonds. The number of nitro benzene ring substituents is 1. The second-order valence-corrected chi connectivity index (χ2v) is 9.27. The van der Waals surface area contributed by atoms with E-state index in [4.69, 9.17) is 4.74 Å². The Morgan fingerprint density at radius 2 is 1.52 bits per heavy atom. The number of nitro groups is 1. The van der Waals surface area contributed by atoms with E-state index in [1.807, 2.05) is 30.3 Å². The largest absolute Gasteiger partial charge is 0.426 e. The Balaban J connectivity index is 1.34. The number of benzene rings is 4. The van der Waals surface area contributed by atoms with Crippen molar-refractivity contribution >= 4 is 51.3 Å². The van der Waals surface area contributed by atoms with Crippen LogP contribution in [-0.2, 0) is 11.2 Å². The highest BCUT2D eigenvalue weighted by Crippen LogP contribution is 2.22. The quantitative estimate of drug-likeness (QED) is 0.0851.